The molecule has 1 aromatic carbocycles. The summed E-state index contributed by atoms with van der Waals surface area (Å²) < 4.78 is 5.18. The van der Waals surface area contributed by atoms with Gasteiger partial charge in [-0.1, -0.05) is 12.1 Å². The number of carboxylic acids is 1. The molecule has 8 nitrogen and oxygen atoms in total. The molecule has 3 rings (SSSR count). The molecule has 2 heterocycles. The second kappa shape index (κ2) is 8.51. The number of aromatic nitrogens is 1. The number of carbonyl (C=O) groups is 3. The van der Waals surface area contributed by atoms with Crippen molar-refractivity contribution in [2.45, 2.75) is 6.42 Å². The van der Waals surface area contributed by atoms with E-state index in [4.69, 9.17) is 9.84 Å². The lowest BCUT2D eigenvalue weighted by Crippen LogP contribution is -2.51. The molecule has 1 fully saturated rings. The Kier molecular flexibility index (Phi) is 5.88. The van der Waals surface area contributed by atoms with Crippen molar-refractivity contribution in [3.63, 3.8) is 0 Å². The number of nitrogens with zero attached hydrogens (tertiary/aromatic N) is 3. The van der Waals surface area contributed by atoms with Gasteiger partial charge in [0.2, 0.25) is 5.91 Å². The van der Waals surface area contributed by atoms with Crippen LogP contribution in [0.1, 0.15) is 26.4 Å². The van der Waals surface area contributed by atoms with Crippen molar-refractivity contribution in [2.75, 3.05) is 33.3 Å². The maximum absolute atomic E-state index is 12.5. The van der Waals surface area contributed by atoms with Crippen LogP contribution in [0.2, 0.25) is 0 Å². The highest BCUT2D eigenvalue weighted by atomic mass is 16.5. The summed E-state index contributed by atoms with van der Waals surface area (Å²) in [6.45, 7) is 1.75. The van der Waals surface area contributed by atoms with Crippen molar-refractivity contribution >= 4 is 17.8 Å². The average molecular weight is 383 g/mol. The third kappa shape index (κ3) is 4.46. The van der Waals surface area contributed by atoms with Crippen LogP contribution in [-0.4, -0.2) is 71.0 Å². The van der Waals surface area contributed by atoms with Gasteiger partial charge in [-0.05, 0) is 29.8 Å². The molecule has 8 heteroatoms. The zero-order valence-electron chi connectivity index (χ0n) is 15.5. The van der Waals surface area contributed by atoms with Gasteiger partial charge in [0.15, 0.2) is 0 Å². The number of ether oxygens (including phenoxy) is 1. The van der Waals surface area contributed by atoms with Crippen LogP contribution in [0.4, 0.5) is 0 Å². The minimum absolute atomic E-state index is 0.00725. The summed E-state index contributed by atoms with van der Waals surface area (Å²) >= 11 is 0. The average Bonchev–Trinajstić information content (AvgIpc) is 2.73. The van der Waals surface area contributed by atoms with E-state index in [9.17, 15) is 14.4 Å². The maximum Gasteiger partial charge on any atom is 0.354 e. The number of pyridine rings is 1. The maximum atomic E-state index is 12.5. The Morgan fingerprint density at radius 1 is 1.07 bits per heavy atom. The number of aromatic carboxylic acids is 1. The first kappa shape index (κ1) is 19.3. The van der Waals surface area contributed by atoms with E-state index in [0.29, 0.717) is 37.5 Å². The highest BCUT2D eigenvalue weighted by molar-refractivity contribution is 5.95. The monoisotopic (exact) mass is 383 g/mol. The molecule has 146 valence electrons. The van der Waals surface area contributed by atoms with E-state index in [0.717, 1.165) is 5.56 Å². The van der Waals surface area contributed by atoms with Crippen molar-refractivity contribution in [3.8, 4) is 5.75 Å². The Morgan fingerprint density at radius 2 is 1.79 bits per heavy atom. The molecule has 0 spiro atoms. The Hall–Kier alpha value is -3.42. The number of carboxylic acid groups (broad SMARTS) is 1. The first-order valence-electron chi connectivity index (χ1n) is 8.87. The molecule has 1 aliphatic rings. The lowest BCUT2D eigenvalue weighted by Gasteiger charge is -2.34. The lowest BCUT2D eigenvalue weighted by molar-refractivity contribution is -0.131. The molecular weight excluding hydrogens is 362 g/mol. The topological polar surface area (TPSA) is 100 Å². The number of benzene rings is 1. The molecule has 0 radical (unpaired) electrons. The van der Waals surface area contributed by atoms with E-state index in [1.807, 2.05) is 24.3 Å². The fourth-order valence-corrected chi connectivity index (χ4v) is 3.06. The summed E-state index contributed by atoms with van der Waals surface area (Å²) in [4.78, 5) is 43.1. The zero-order valence-corrected chi connectivity index (χ0v) is 15.5. The molecule has 1 N–H and O–H groups in total. The van der Waals surface area contributed by atoms with Crippen molar-refractivity contribution < 1.29 is 24.2 Å². The van der Waals surface area contributed by atoms with Gasteiger partial charge in [-0.15, -0.1) is 0 Å². The van der Waals surface area contributed by atoms with Gasteiger partial charge in [-0.2, -0.15) is 0 Å². The van der Waals surface area contributed by atoms with Crippen LogP contribution in [0.15, 0.2) is 42.6 Å². The van der Waals surface area contributed by atoms with Gasteiger partial charge in [0.1, 0.15) is 11.4 Å². The van der Waals surface area contributed by atoms with E-state index < -0.39 is 5.97 Å². The quantitative estimate of drug-likeness (QED) is 0.836. The van der Waals surface area contributed by atoms with E-state index >= 15 is 0 Å². The predicted octanol–water partition coefficient (Wildman–Crippen LogP) is 1.32. The largest absolute Gasteiger partial charge is 0.497 e. The second-order valence-electron chi connectivity index (χ2n) is 6.44. The zero-order chi connectivity index (χ0) is 20.1. The number of amides is 2. The van der Waals surface area contributed by atoms with Crippen LogP contribution in [0.5, 0.6) is 5.75 Å². The van der Waals surface area contributed by atoms with E-state index in [-0.39, 0.29) is 23.9 Å². The number of hydrogen-bond donors (Lipinski definition) is 1. The summed E-state index contributed by atoms with van der Waals surface area (Å²) in [5.41, 5.74) is 1.11. The molecule has 0 unspecified atom stereocenters. The minimum atomic E-state index is -1.14. The molecule has 0 bridgehead atoms. The van der Waals surface area contributed by atoms with Crippen LogP contribution < -0.4 is 4.74 Å². The highest BCUT2D eigenvalue weighted by Gasteiger charge is 2.25. The normalized spacial score (nSPS) is 13.9. The molecule has 2 amide bonds. The Bertz CT molecular complexity index is 874. The van der Waals surface area contributed by atoms with Crippen LogP contribution in [0.3, 0.4) is 0 Å². The smallest absolute Gasteiger partial charge is 0.354 e. The van der Waals surface area contributed by atoms with Crippen molar-refractivity contribution in [1.82, 2.24) is 14.8 Å². The molecule has 1 aliphatic heterocycles. The fraction of sp³-hybridized carbons (Fsp3) is 0.300. The van der Waals surface area contributed by atoms with Gasteiger partial charge in [0.05, 0.1) is 19.1 Å². The molecule has 0 atom stereocenters. The summed E-state index contributed by atoms with van der Waals surface area (Å²) in [6.07, 6.45) is 1.55. The van der Waals surface area contributed by atoms with Crippen molar-refractivity contribution in [2.24, 2.45) is 0 Å². The van der Waals surface area contributed by atoms with Crippen LogP contribution in [0.25, 0.3) is 0 Å². The van der Waals surface area contributed by atoms with E-state index in [1.54, 1.807) is 16.9 Å². The summed E-state index contributed by atoms with van der Waals surface area (Å²) in [7, 11) is 1.59. The van der Waals surface area contributed by atoms with Gasteiger partial charge in [0, 0.05) is 32.4 Å². The number of piperazine rings is 1. The standard InChI is InChI=1S/C20H21N3O5/c1-28-16-4-2-3-14(11-16)12-18(24)22-7-9-23(10-8-22)19(25)15-5-6-17(20(26)27)21-13-15/h2-6,11,13H,7-10,12H2,1H3,(H,26,27). The number of carbonyl (C=O) groups excluding carboxylic acids is 2. The predicted molar refractivity (Wildman–Crippen MR) is 100 cm³/mol. The lowest BCUT2D eigenvalue weighted by atomic mass is 10.1. The van der Waals surface area contributed by atoms with Gasteiger partial charge in [0.25, 0.3) is 5.91 Å². The van der Waals surface area contributed by atoms with Crippen LogP contribution in [-0.2, 0) is 11.2 Å². The van der Waals surface area contributed by atoms with Gasteiger partial charge in [-0.3, -0.25) is 9.59 Å². The summed E-state index contributed by atoms with van der Waals surface area (Å²) in [6, 6.07) is 10.2. The number of methoxy groups -OCH3 is 1. The Morgan fingerprint density at radius 3 is 2.39 bits per heavy atom. The van der Waals surface area contributed by atoms with Crippen molar-refractivity contribution in [3.05, 3.63) is 59.4 Å². The SMILES string of the molecule is COc1cccc(CC(=O)N2CCN(C(=O)c3ccc(C(=O)O)nc3)CC2)c1. The van der Waals surface area contributed by atoms with Crippen LogP contribution >= 0.6 is 0 Å². The molecule has 1 saturated heterocycles. The van der Waals surface area contributed by atoms with Crippen molar-refractivity contribution in [1.29, 1.82) is 0 Å². The fourth-order valence-electron chi connectivity index (χ4n) is 3.06. The molecule has 1 aromatic heterocycles. The summed E-state index contributed by atoms with van der Waals surface area (Å²) in [5.74, 6) is -0.637. The van der Waals surface area contributed by atoms with E-state index in [2.05, 4.69) is 4.98 Å². The highest BCUT2D eigenvalue weighted by Crippen LogP contribution is 2.15. The first-order valence-corrected chi connectivity index (χ1v) is 8.87. The third-order valence-electron chi connectivity index (χ3n) is 4.64. The first-order chi connectivity index (χ1) is 13.5. The van der Waals surface area contributed by atoms with Crippen LogP contribution in [0, 0.1) is 0 Å². The molecule has 0 saturated carbocycles. The Balaban J connectivity index is 1.55. The van der Waals surface area contributed by atoms with Gasteiger partial charge in [-0.25, -0.2) is 9.78 Å². The summed E-state index contributed by atoms with van der Waals surface area (Å²) in [5, 5.41) is 8.88. The van der Waals surface area contributed by atoms with E-state index in [1.165, 1.54) is 18.3 Å². The number of rotatable bonds is 5. The minimum Gasteiger partial charge on any atom is -0.497 e. The molecule has 0 aliphatic carbocycles. The second-order valence-corrected chi connectivity index (χ2v) is 6.44. The molecular formula is C20H21N3O5. The molecule has 2 aromatic rings. The number of hydrogen-bond acceptors (Lipinski definition) is 5. The van der Waals surface area contributed by atoms with Gasteiger partial charge < -0.3 is 19.6 Å². The third-order valence-corrected chi connectivity index (χ3v) is 4.64. The molecule has 28 heavy (non-hydrogen) atoms. The Labute approximate surface area is 162 Å². The van der Waals surface area contributed by atoms with Gasteiger partial charge >= 0.3 is 5.97 Å².